The van der Waals surface area contributed by atoms with Gasteiger partial charge >= 0.3 is 0 Å². The number of thiazole rings is 1. The first kappa shape index (κ1) is 16.1. The van der Waals surface area contributed by atoms with E-state index in [1.54, 1.807) is 24.3 Å². The van der Waals surface area contributed by atoms with E-state index in [1.807, 2.05) is 42.6 Å². The van der Waals surface area contributed by atoms with Gasteiger partial charge in [-0.3, -0.25) is 9.59 Å². The molecule has 0 saturated heterocycles. The number of nitrogens with zero attached hydrogens (tertiary/aromatic N) is 2. The fourth-order valence-corrected chi connectivity index (χ4v) is 3.76. The van der Waals surface area contributed by atoms with Crippen LogP contribution in [0.1, 0.15) is 31.3 Å². The van der Waals surface area contributed by atoms with Crippen molar-refractivity contribution in [3.05, 3.63) is 81.2 Å². The quantitative estimate of drug-likeness (QED) is 0.386. The first-order valence-corrected chi connectivity index (χ1v) is 8.84. The zero-order valence-corrected chi connectivity index (χ0v) is 14.6. The van der Waals surface area contributed by atoms with Gasteiger partial charge in [-0.05, 0) is 6.92 Å². The molecule has 0 spiro atoms. The number of hydrogen-bond donors (Lipinski definition) is 0. The number of allylic oxidation sites excluding steroid dienone is 2. The van der Waals surface area contributed by atoms with Crippen LogP contribution in [0.2, 0.25) is 0 Å². The first-order chi connectivity index (χ1) is 12.6. The summed E-state index contributed by atoms with van der Waals surface area (Å²) in [5, 5.41) is 11.8. The van der Waals surface area contributed by atoms with Crippen molar-refractivity contribution in [3.63, 3.8) is 0 Å². The number of ketones is 2. The highest BCUT2D eigenvalue weighted by molar-refractivity contribution is 7.11. The number of nitriles is 1. The van der Waals surface area contributed by atoms with Gasteiger partial charge in [-0.15, -0.1) is 11.3 Å². The lowest BCUT2D eigenvalue weighted by atomic mass is 10.0. The van der Waals surface area contributed by atoms with Crippen molar-refractivity contribution in [2.75, 3.05) is 0 Å². The van der Waals surface area contributed by atoms with Crippen molar-refractivity contribution >= 4 is 28.5 Å². The molecule has 124 valence electrons. The van der Waals surface area contributed by atoms with Gasteiger partial charge in [0.1, 0.15) is 16.6 Å². The van der Waals surface area contributed by atoms with Crippen molar-refractivity contribution in [2.45, 2.75) is 6.92 Å². The van der Waals surface area contributed by atoms with Crippen molar-refractivity contribution in [3.8, 4) is 17.3 Å². The maximum Gasteiger partial charge on any atom is 0.199 e. The van der Waals surface area contributed by atoms with E-state index >= 15 is 0 Å². The Kier molecular flexibility index (Phi) is 3.83. The summed E-state index contributed by atoms with van der Waals surface area (Å²) in [6, 6.07) is 16.5. The van der Waals surface area contributed by atoms with Crippen LogP contribution in [0, 0.1) is 18.3 Å². The molecule has 5 heteroatoms. The van der Waals surface area contributed by atoms with Gasteiger partial charge in [0.25, 0.3) is 0 Å². The van der Waals surface area contributed by atoms with E-state index in [0.29, 0.717) is 21.8 Å². The zero-order valence-electron chi connectivity index (χ0n) is 13.8. The summed E-state index contributed by atoms with van der Waals surface area (Å²) in [5.74, 6) is -0.816. The highest BCUT2D eigenvalue weighted by atomic mass is 32.1. The Morgan fingerprint density at radius 3 is 2.19 bits per heavy atom. The number of benzene rings is 2. The summed E-state index contributed by atoms with van der Waals surface area (Å²) < 4.78 is 0. The Balaban J connectivity index is 1.81. The van der Waals surface area contributed by atoms with Crippen LogP contribution in [0.25, 0.3) is 16.8 Å². The van der Waals surface area contributed by atoms with Crippen LogP contribution < -0.4 is 0 Å². The van der Waals surface area contributed by atoms with E-state index in [9.17, 15) is 14.9 Å². The van der Waals surface area contributed by atoms with Gasteiger partial charge in [0, 0.05) is 22.1 Å². The SMILES string of the molecule is Cc1ccc(-c2csc(C(C#N)=C3C(=O)c4ccccc4C3=O)n2)cc1. The number of carbonyl (C=O) groups is 2. The van der Waals surface area contributed by atoms with Crippen LogP contribution in [0.15, 0.2) is 59.5 Å². The monoisotopic (exact) mass is 356 g/mol. The minimum Gasteiger partial charge on any atom is -0.288 e. The number of aryl methyl sites for hydroxylation is 1. The third-order valence-electron chi connectivity index (χ3n) is 4.30. The van der Waals surface area contributed by atoms with E-state index in [-0.39, 0.29) is 11.1 Å². The average molecular weight is 356 g/mol. The van der Waals surface area contributed by atoms with E-state index < -0.39 is 11.6 Å². The predicted molar refractivity (Wildman–Crippen MR) is 99.9 cm³/mol. The molecule has 1 aromatic heterocycles. The summed E-state index contributed by atoms with van der Waals surface area (Å²) in [6.07, 6.45) is 0. The Labute approximate surface area is 154 Å². The van der Waals surface area contributed by atoms with E-state index in [4.69, 9.17) is 0 Å². The number of fused-ring (bicyclic) bond motifs is 1. The van der Waals surface area contributed by atoms with Crippen LogP contribution in [-0.2, 0) is 0 Å². The second kappa shape index (κ2) is 6.17. The van der Waals surface area contributed by atoms with Gasteiger partial charge in [0.15, 0.2) is 11.6 Å². The molecule has 0 radical (unpaired) electrons. The van der Waals surface area contributed by atoms with E-state index in [1.165, 1.54) is 11.3 Å². The number of rotatable bonds is 2. The molecule has 0 atom stereocenters. The Morgan fingerprint density at radius 1 is 1.00 bits per heavy atom. The molecule has 0 amide bonds. The predicted octanol–water partition coefficient (Wildman–Crippen LogP) is 4.47. The maximum absolute atomic E-state index is 12.6. The molecule has 0 unspecified atom stereocenters. The maximum atomic E-state index is 12.6. The number of hydrogen-bond acceptors (Lipinski definition) is 5. The fraction of sp³-hybridized carbons (Fsp3) is 0.0476. The van der Waals surface area contributed by atoms with Gasteiger partial charge in [0.2, 0.25) is 0 Å². The molecule has 1 aliphatic carbocycles. The molecule has 4 rings (SSSR count). The molecule has 26 heavy (non-hydrogen) atoms. The molecule has 0 fully saturated rings. The third-order valence-corrected chi connectivity index (χ3v) is 5.16. The Hall–Kier alpha value is -3.36. The Bertz CT molecular complexity index is 1090. The summed E-state index contributed by atoms with van der Waals surface area (Å²) in [5.41, 5.74) is 3.43. The lowest BCUT2D eigenvalue weighted by molar-refractivity contribution is 0.0990. The van der Waals surface area contributed by atoms with Gasteiger partial charge in [-0.25, -0.2) is 4.98 Å². The van der Waals surface area contributed by atoms with Crippen molar-refractivity contribution < 1.29 is 9.59 Å². The van der Waals surface area contributed by atoms with Crippen LogP contribution in [0.5, 0.6) is 0 Å². The van der Waals surface area contributed by atoms with Gasteiger partial charge in [0.05, 0.1) is 11.3 Å². The minimum atomic E-state index is -0.408. The number of aromatic nitrogens is 1. The lowest BCUT2D eigenvalue weighted by Crippen LogP contribution is -2.04. The van der Waals surface area contributed by atoms with Crippen LogP contribution in [0.4, 0.5) is 0 Å². The highest BCUT2D eigenvalue weighted by Crippen LogP contribution is 2.34. The standard InChI is InChI=1S/C21H12N2O2S/c1-12-6-8-13(9-7-12)17-11-26-21(23-17)16(10-22)18-19(24)14-4-2-3-5-15(14)20(18)25/h2-9,11H,1H3. The smallest absolute Gasteiger partial charge is 0.199 e. The van der Waals surface area contributed by atoms with Gasteiger partial charge in [-0.2, -0.15) is 5.26 Å². The molecule has 1 heterocycles. The summed E-state index contributed by atoms with van der Waals surface area (Å²) in [7, 11) is 0. The van der Waals surface area contributed by atoms with E-state index in [2.05, 4.69) is 4.98 Å². The molecule has 2 aromatic carbocycles. The second-order valence-electron chi connectivity index (χ2n) is 5.97. The topological polar surface area (TPSA) is 70.8 Å². The Morgan fingerprint density at radius 2 is 1.62 bits per heavy atom. The second-order valence-corrected chi connectivity index (χ2v) is 6.83. The van der Waals surface area contributed by atoms with Crippen molar-refractivity contribution in [1.82, 2.24) is 4.98 Å². The average Bonchev–Trinajstić information content (AvgIpc) is 3.23. The van der Waals surface area contributed by atoms with Crippen LogP contribution >= 0.6 is 11.3 Å². The van der Waals surface area contributed by atoms with Crippen molar-refractivity contribution in [1.29, 1.82) is 5.26 Å². The molecule has 4 nitrogen and oxygen atoms in total. The van der Waals surface area contributed by atoms with Gasteiger partial charge < -0.3 is 0 Å². The van der Waals surface area contributed by atoms with E-state index in [0.717, 1.165) is 11.1 Å². The molecule has 0 bridgehead atoms. The number of carbonyl (C=O) groups excluding carboxylic acids is 2. The molecular formula is C21H12N2O2S. The molecule has 0 N–H and O–H groups in total. The third kappa shape index (κ3) is 2.48. The molecule has 0 aliphatic heterocycles. The highest BCUT2D eigenvalue weighted by Gasteiger charge is 2.36. The summed E-state index contributed by atoms with van der Waals surface area (Å²) in [4.78, 5) is 29.8. The molecule has 3 aromatic rings. The number of Topliss-reactive ketones (excluding diaryl/α,β-unsaturated/α-hetero) is 2. The minimum absolute atomic E-state index is 0.0413. The lowest BCUT2D eigenvalue weighted by Gasteiger charge is -1.99. The first-order valence-electron chi connectivity index (χ1n) is 7.96. The zero-order chi connectivity index (χ0) is 18.3. The van der Waals surface area contributed by atoms with Crippen LogP contribution in [-0.4, -0.2) is 16.6 Å². The molecule has 1 aliphatic rings. The van der Waals surface area contributed by atoms with Gasteiger partial charge in [-0.1, -0.05) is 54.1 Å². The van der Waals surface area contributed by atoms with Crippen LogP contribution in [0.3, 0.4) is 0 Å². The summed E-state index contributed by atoms with van der Waals surface area (Å²) in [6.45, 7) is 2.00. The molecular weight excluding hydrogens is 344 g/mol. The summed E-state index contributed by atoms with van der Waals surface area (Å²) >= 11 is 1.25. The normalized spacial score (nSPS) is 12.8. The van der Waals surface area contributed by atoms with Crippen molar-refractivity contribution in [2.24, 2.45) is 0 Å². The fourth-order valence-electron chi connectivity index (χ4n) is 2.93. The molecule has 0 saturated carbocycles. The largest absolute Gasteiger partial charge is 0.288 e.